The van der Waals surface area contributed by atoms with Gasteiger partial charge in [-0.15, -0.1) is 10.2 Å². The van der Waals surface area contributed by atoms with Crippen molar-refractivity contribution in [2.24, 2.45) is 0 Å². The summed E-state index contributed by atoms with van der Waals surface area (Å²) in [4.78, 5) is 12.7. The number of sulfonamides is 1. The number of rotatable bonds is 7. The molecular weight excluding hydrogens is 448 g/mol. The van der Waals surface area contributed by atoms with Crippen LogP contribution in [0.4, 0.5) is 5.13 Å². The van der Waals surface area contributed by atoms with Gasteiger partial charge in [-0.3, -0.25) is 10.1 Å². The average molecular weight is 469 g/mol. The van der Waals surface area contributed by atoms with Gasteiger partial charge < -0.3 is 4.74 Å². The predicted octanol–water partition coefficient (Wildman–Crippen LogP) is 3.67. The van der Waals surface area contributed by atoms with Crippen molar-refractivity contribution in [1.82, 2.24) is 14.9 Å². The number of carbonyl (C=O) groups is 1. The minimum atomic E-state index is -3.92. The fourth-order valence-electron chi connectivity index (χ4n) is 3.12. The number of anilines is 1. The molecular formula is C22H20N4O4S2. The number of nitrogens with one attached hydrogen (secondary N) is 2. The molecule has 1 aromatic heterocycles. The van der Waals surface area contributed by atoms with E-state index in [0.717, 1.165) is 16.7 Å². The first kappa shape index (κ1) is 21.9. The van der Waals surface area contributed by atoms with E-state index in [4.69, 9.17) is 4.74 Å². The lowest BCUT2D eigenvalue weighted by Gasteiger charge is -2.14. The van der Waals surface area contributed by atoms with Gasteiger partial charge in [-0.2, -0.15) is 4.72 Å². The van der Waals surface area contributed by atoms with E-state index in [1.807, 2.05) is 30.3 Å². The number of nitrogens with zero attached hydrogens (tertiary/aromatic N) is 2. The van der Waals surface area contributed by atoms with Gasteiger partial charge >= 0.3 is 0 Å². The Bertz CT molecular complexity index is 1360. The molecule has 0 aliphatic rings. The van der Waals surface area contributed by atoms with E-state index in [1.165, 1.54) is 24.3 Å². The van der Waals surface area contributed by atoms with Gasteiger partial charge in [0, 0.05) is 10.9 Å². The van der Waals surface area contributed by atoms with Crippen LogP contribution in [0, 0.1) is 0 Å². The molecule has 10 heteroatoms. The first-order valence-electron chi connectivity index (χ1n) is 9.66. The Kier molecular flexibility index (Phi) is 6.17. The summed E-state index contributed by atoms with van der Waals surface area (Å²) in [5, 5.41) is 13.0. The van der Waals surface area contributed by atoms with Gasteiger partial charge in [0.15, 0.2) is 0 Å². The maximum atomic E-state index is 12.9. The molecule has 8 nitrogen and oxygen atoms in total. The molecule has 0 unspecified atom stereocenters. The highest BCUT2D eigenvalue weighted by atomic mass is 32.2. The molecule has 3 aromatic carbocycles. The lowest BCUT2D eigenvalue weighted by molar-refractivity contribution is -0.117. The number of hydrogen-bond acceptors (Lipinski definition) is 7. The van der Waals surface area contributed by atoms with Gasteiger partial charge in [-0.05, 0) is 42.6 Å². The van der Waals surface area contributed by atoms with E-state index in [2.05, 4.69) is 20.2 Å². The Morgan fingerprint density at radius 3 is 2.47 bits per heavy atom. The van der Waals surface area contributed by atoms with Crippen LogP contribution in [0.15, 0.2) is 71.6 Å². The number of ether oxygens (including phenoxy) is 1. The van der Waals surface area contributed by atoms with E-state index in [-0.39, 0.29) is 10.0 Å². The molecule has 0 radical (unpaired) electrons. The molecule has 1 amide bonds. The standard InChI is InChI=1S/C22H20N4O4S2/c1-14(26-32(28,29)19-9-5-7-15-6-3-4-8-18(15)19)20(27)23-22-25-24-21(31-22)16-10-12-17(30-2)13-11-16/h3-14,26H,1-2H3,(H,23,25,27)/t14-/m1/s1. The van der Waals surface area contributed by atoms with Crippen LogP contribution in [-0.4, -0.2) is 37.7 Å². The molecule has 0 fully saturated rings. The first-order valence-corrected chi connectivity index (χ1v) is 12.0. The smallest absolute Gasteiger partial charge is 0.244 e. The predicted molar refractivity (Wildman–Crippen MR) is 124 cm³/mol. The number of fused-ring (bicyclic) bond motifs is 1. The number of hydrogen-bond donors (Lipinski definition) is 2. The molecule has 0 saturated carbocycles. The monoisotopic (exact) mass is 468 g/mol. The van der Waals surface area contributed by atoms with Crippen LogP contribution >= 0.6 is 11.3 Å². The van der Waals surface area contributed by atoms with Crippen LogP contribution in [0.1, 0.15) is 6.92 Å². The van der Waals surface area contributed by atoms with Gasteiger partial charge in [0.05, 0.1) is 18.0 Å². The highest BCUT2D eigenvalue weighted by molar-refractivity contribution is 7.89. The third kappa shape index (κ3) is 4.62. The Labute approximate surface area is 189 Å². The summed E-state index contributed by atoms with van der Waals surface area (Å²) in [5.41, 5.74) is 0.827. The molecule has 1 heterocycles. The second-order valence-corrected chi connectivity index (χ2v) is 9.61. The Hall–Kier alpha value is -3.34. The SMILES string of the molecule is COc1ccc(-c2nnc(NC(=O)[C@@H](C)NS(=O)(=O)c3cccc4ccccc34)s2)cc1. The third-order valence-electron chi connectivity index (χ3n) is 4.76. The number of methoxy groups -OCH3 is 1. The second-order valence-electron chi connectivity index (χ2n) is 6.95. The zero-order valence-electron chi connectivity index (χ0n) is 17.3. The Balaban J connectivity index is 1.46. The zero-order valence-corrected chi connectivity index (χ0v) is 18.9. The van der Waals surface area contributed by atoms with E-state index in [1.54, 1.807) is 37.4 Å². The molecule has 0 aliphatic heterocycles. The van der Waals surface area contributed by atoms with Crippen molar-refractivity contribution >= 4 is 43.2 Å². The molecule has 0 bridgehead atoms. The fourth-order valence-corrected chi connectivity index (χ4v) is 5.30. The van der Waals surface area contributed by atoms with E-state index < -0.39 is 22.0 Å². The van der Waals surface area contributed by atoms with Crippen molar-refractivity contribution in [3.8, 4) is 16.3 Å². The first-order chi connectivity index (χ1) is 15.4. The maximum Gasteiger partial charge on any atom is 0.244 e. The maximum absolute atomic E-state index is 12.9. The van der Waals surface area contributed by atoms with Crippen LogP contribution in [0.2, 0.25) is 0 Å². The normalized spacial score (nSPS) is 12.4. The van der Waals surface area contributed by atoms with Gasteiger partial charge in [-0.1, -0.05) is 47.7 Å². The van der Waals surface area contributed by atoms with Crippen molar-refractivity contribution < 1.29 is 17.9 Å². The van der Waals surface area contributed by atoms with Crippen molar-refractivity contribution in [2.45, 2.75) is 17.9 Å². The van der Waals surface area contributed by atoms with Crippen LogP contribution in [0.5, 0.6) is 5.75 Å². The number of benzene rings is 3. The molecule has 4 aromatic rings. The fraction of sp³-hybridized carbons (Fsp3) is 0.136. The molecule has 0 aliphatic carbocycles. The van der Waals surface area contributed by atoms with Crippen LogP contribution in [-0.2, 0) is 14.8 Å². The Morgan fingerprint density at radius 1 is 1.00 bits per heavy atom. The number of aromatic nitrogens is 2. The summed E-state index contributed by atoms with van der Waals surface area (Å²) in [6.07, 6.45) is 0. The molecule has 0 spiro atoms. The summed E-state index contributed by atoms with van der Waals surface area (Å²) in [7, 11) is -2.34. The summed E-state index contributed by atoms with van der Waals surface area (Å²) >= 11 is 1.19. The highest BCUT2D eigenvalue weighted by Gasteiger charge is 2.24. The topological polar surface area (TPSA) is 110 Å². The Morgan fingerprint density at radius 2 is 1.72 bits per heavy atom. The lowest BCUT2D eigenvalue weighted by atomic mass is 10.1. The molecule has 32 heavy (non-hydrogen) atoms. The number of carbonyl (C=O) groups excluding carboxylic acids is 1. The van der Waals surface area contributed by atoms with Gasteiger partial charge in [0.2, 0.25) is 21.1 Å². The minimum Gasteiger partial charge on any atom is -0.497 e. The summed E-state index contributed by atoms with van der Waals surface area (Å²) in [6.45, 7) is 1.48. The second kappa shape index (κ2) is 9.03. The van der Waals surface area contributed by atoms with E-state index in [0.29, 0.717) is 10.4 Å². The molecule has 1 atom stereocenters. The summed E-state index contributed by atoms with van der Waals surface area (Å²) in [5.74, 6) is 0.185. The summed E-state index contributed by atoms with van der Waals surface area (Å²) < 4.78 is 33.4. The van der Waals surface area contributed by atoms with Crippen molar-refractivity contribution in [1.29, 1.82) is 0 Å². The summed E-state index contributed by atoms with van der Waals surface area (Å²) in [6, 6.07) is 18.5. The molecule has 164 valence electrons. The third-order valence-corrected chi connectivity index (χ3v) is 7.24. The minimum absolute atomic E-state index is 0.118. The van der Waals surface area contributed by atoms with Crippen molar-refractivity contribution in [3.05, 3.63) is 66.7 Å². The highest BCUT2D eigenvalue weighted by Crippen LogP contribution is 2.28. The van der Waals surface area contributed by atoms with E-state index in [9.17, 15) is 13.2 Å². The van der Waals surface area contributed by atoms with Gasteiger partial charge in [0.1, 0.15) is 10.8 Å². The van der Waals surface area contributed by atoms with Crippen molar-refractivity contribution in [3.63, 3.8) is 0 Å². The molecule has 2 N–H and O–H groups in total. The number of amides is 1. The van der Waals surface area contributed by atoms with E-state index >= 15 is 0 Å². The quantitative estimate of drug-likeness (QED) is 0.428. The van der Waals surface area contributed by atoms with Crippen LogP contribution in [0.3, 0.4) is 0 Å². The largest absolute Gasteiger partial charge is 0.497 e. The van der Waals surface area contributed by atoms with Gasteiger partial charge in [-0.25, -0.2) is 8.42 Å². The van der Waals surface area contributed by atoms with Crippen molar-refractivity contribution in [2.75, 3.05) is 12.4 Å². The lowest BCUT2D eigenvalue weighted by Crippen LogP contribution is -2.41. The zero-order chi connectivity index (χ0) is 22.7. The van der Waals surface area contributed by atoms with Gasteiger partial charge in [0.25, 0.3) is 0 Å². The average Bonchev–Trinajstić information content (AvgIpc) is 3.26. The molecule has 0 saturated heterocycles. The van der Waals surface area contributed by atoms with Crippen LogP contribution < -0.4 is 14.8 Å². The van der Waals surface area contributed by atoms with Crippen LogP contribution in [0.25, 0.3) is 21.3 Å². The molecule has 4 rings (SSSR count).